The summed E-state index contributed by atoms with van der Waals surface area (Å²) in [6, 6.07) is 0. The first-order valence-corrected chi connectivity index (χ1v) is 10.1. The summed E-state index contributed by atoms with van der Waals surface area (Å²) in [6.45, 7) is 9.99. The summed E-state index contributed by atoms with van der Waals surface area (Å²) in [4.78, 5) is 12.5. The summed E-state index contributed by atoms with van der Waals surface area (Å²) >= 11 is 1.84. The van der Waals surface area contributed by atoms with Gasteiger partial charge in [-0.3, -0.25) is 4.90 Å². The SMILES string of the molecule is CCN1CCc2c(sc3c2c(N2CCC(C)CC2)nc2nnnn23)C1. The Morgan fingerprint density at radius 2 is 2.04 bits per heavy atom. The number of hydrogen-bond acceptors (Lipinski definition) is 7. The normalized spacial score (nSPS) is 19.8. The summed E-state index contributed by atoms with van der Waals surface area (Å²) < 4.78 is 1.82. The van der Waals surface area contributed by atoms with Crippen molar-refractivity contribution in [1.29, 1.82) is 0 Å². The highest BCUT2D eigenvalue weighted by Gasteiger charge is 2.28. The van der Waals surface area contributed by atoms with Crippen molar-refractivity contribution in [3.8, 4) is 0 Å². The van der Waals surface area contributed by atoms with E-state index in [-0.39, 0.29) is 0 Å². The second-order valence-electron chi connectivity index (χ2n) is 7.30. The van der Waals surface area contributed by atoms with E-state index >= 15 is 0 Å². The van der Waals surface area contributed by atoms with Gasteiger partial charge in [0.25, 0.3) is 5.78 Å². The van der Waals surface area contributed by atoms with Crippen molar-refractivity contribution in [2.24, 2.45) is 5.92 Å². The van der Waals surface area contributed by atoms with Gasteiger partial charge in [0.05, 0.1) is 5.39 Å². The van der Waals surface area contributed by atoms with Gasteiger partial charge in [0.2, 0.25) is 0 Å². The van der Waals surface area contributed by atoms with Crippen LogP contribution >= 0.6 is 11.3 Å². The van der Waals surface area contributed by atoms with Gasteiger partial charge >= 0.3 is 0 Å². The van der Waals surface area contributed by atoms with Crippen LogP contribution in [-0.2, 0) is 13.0 Å². The molecule has 1 saturated heterocycles. The minimum absolute atomic E-state index is 0.618. The minimum atomic E-state index is 0.618. The minimum Gasteiger partial charge on any atom is -0.356 e. The zero-order valence-electron chi connectivity index (χ0n) is 14.8. The van der Waals surface area contributed by atoms with Crippen LogP contribution < -0.4 is 4.90 Å². The maximum Gasteiger partial charge on any atom is 0.276 e. The zero-order chi connectivity index (χ0) is 17.0. The maximum absolute atomic E-state index is 4.88. The van der Waals surface area contributed by atoms with Gasteiger partial charge in [-0.25, -0.2) is 0 Å². The average Bonchev–Trinajstić information content (AvgIpc) is 3.25. The van der Waals surface area contributed by atoms with Gasteiger partial charge in [0.15, 0.2) is 0 Å². The topological polar surface area (TPSA) is 62.5 Å². The van der Waals surface area contributed by atoms with Crippen LogP contribution in [0.1, 0.15) is 37.1 Å². The fraction of sp³-hybridized carbons (Fsp3) is 0.647. The standard InChI is InChI=1S/C17H23N7S/c1-3-22-7-6-12-13(10-22)25-16-14(12)15(18-17-19-20-21-24(16)17)23-8-4-11(2)5-9-23/h11H,3-10H2,1-2H3. The Labute approximate surface area is 150 Å². The molecule has 25 heavy (non-hydrogen) atoms. The molecule has 0 radical (unpaired) electrons. The van der Waals surface area contributed by atoms with Crippen LogP contribution in [0, 0.1) is 5.92 Å². The lowest BCUT2D eigenvalue weighted by Crippen LogP contribution is -2.34. The van der Waals surface area contributed by atoms with Crippen molar-refractivity contribution in [3.05, 3.63) is 10.4 Å². The summed E-state index contributed by atoms with van der Waals surface area (Å²) in [5.41, 5.74) is 1.48. The van der Waals surface area contributed by atoms with E-state index < -0.39 is 0 Å². The van der Waals surface area contributed by atoms with Gasteiger partial charge in [-0.05, 0) is 47.7 Å². The van der Waals surface area contributed by atoms with E-state index in [4.69, 9.17) is 4.98 Å². The average molecular weight is 357 g/mol. The summed E-state index contributed by atoms with van der Waals surface area (Å²) in [6.07, 6.45) is 3.56. The monoisotopic (exact) mass is 357 g/mol. The lowest BCUT2D eigenvalue weighted by Gasteiger charge is -2.32. The summed E-state index contributed by atoms with van der Waals surface area (Å²) in [7, 11) is 0. The number of tetrazole rings is 1. The Hall–Kier alpha value is -1.80. The van der Waals surface area contributed by atoms with Crippen LogP contribution in [-0.4, -0.2) is 56.1 Å². The number of nitrogens with zero attached hydrogens (tertiary/aromatic N) is 7. The third-order valence-corrected chi connectivity index (χ3v) is 6.91. The van der Waals surface area contributed by atoms with Gasteiger partial charge in [-0.2, -0.15) is 9.50 Å². The Kier molecular flexibility index (Phi) is 3.63. The van der Waals surface area contributed by atoms with E-state index in [9.17, 15) is 0 Å². The molecule has 0 unspecified atom stereocenters. The fourth-order valence-corrected chi connectivity index (χ4v) is 5.40. The highest BCUT2D eigenvalue weighted by atomic mass is 32.1. The van der Waals surface area contributed by atoms with Gasteiger partial charge in [0, 0.05) is 31.1 Å². The summed E-state index contributed by atoms with van der Waals surface area (Å²) in [5.74, 6) is 2.53. The molecule has 0 aromatic carbocycles. The quantitative estimate of drug-likeness (QED) is 0.702. The first-order valence-electron chi connectivity index (χ1n) is 9.24. The third-order valence-electron chi connectivity index (χ3n) is 5.72. The van der Waals surface area contributed by atoms with Crippen molar-refractivity contribution < 1.29 is 0 Å². The summed E-state index contributed by atoms with van der Waals surface area (Å²) in [5, 5.41) is 13.5. The van der Waals surface area contributed by atoms with Gasteiger partial charge in [0.1, 0.15) is 10.6 Å². The Balaban J connectivity index is 1.71. The first-order chi connectivity index (χ1) is 12.2. The predicted molar refractivity (Wildman–Crippen MR) is 99.2 cm³/mol. The van der Waals surface area contributed by atoms with Crippen LogP contribution in [0.2, 0.25) is 0 Å². The number of piperidine rings is 1. The largest absolute Gasteiger partial charge is 0.356 e. The highest BCUT2D eigenvalue weighted by molar-refractivity contribution is 7.19. The van der Waals surface area contributed by atoms with E-state index in [1.54, 1.807) is 0 Å². The molecule has 0 spiro atoms. The number of anilines is 1. The molecule has 2 aliphatic heterocycles. The number of likely N-dealkylation sites (N-methyl/N-ethyl adjacent to an activating group) is 1. The zero-order valence-corrected chi connectivity index (χ0v) is 15.6. The molecule has 5 rings (SSSR count). The van der Waals surface area contributed by atoms with Crippen LogP contribution in [0.15, 0.2) is 0 Å². The van der Waals surface area contributed by atoms with Crippen LogP contribution in [0.3, 0.4) is 0 Å². The molecule has 0 N–H and O–H groups in total. The molecule has 7 nitrogen and oxygen atoms in total. The van der Waals surface area contributed by atoms with E-state index in [0.717, 1.165) is 55.7 Å². The van der Waals surface area contributed by atoms with Gasteiger partial charge in [-0.1, -0.05) is 18.9 Å². The van der Waals surface area contributed by atoms with Gasteiger partial charge < -0.3 is 4.90 Å². The molecule has 0 bridgehead atoms. The van der Waals surface area contributed by atoms with Gasteiger partial charge in [-0.15, -0.1) is 11.3 Å². The molecule has 3 aromatic heterocycles. The number of hydrogen-bond donors (Lipinski definition) is 0. The van der Waals surface area contributed by atoms with Crippen molar-refractivity contribution >= 4 is 33.1 Å². The number of fused-ring (bicyclic) bond motifs is 5. The number of rotatable bonds is 2. The molecular weight excluding hydrogens is 334 g/mol. The fourth-order valence-electron chi connectivity index (χ4n) is 4.08. The Morgan fingerprint density at radius 1 is 1.20 bits per heavy atom. The molecule has 8 heteroatoms. The molecule has 0 aliphatic carbocycles. The third kappa shape index (κ3) is 2.42. The highest BCUT2D eigenvalue weighted by Crippen LogP contribution is 2.40. The van der Waals surface area contributed by atoms with Crippen molar-refractivity contribution in [2.75, 3.05) is 31.1 Å². The van der Waals surface area contributed by atoms with Crippen LogP contribution in [0.4, 0.5) is 5.82 Å². The molecule has 1 fully saturated rings. The Morgan fingerprint density at radius 3 is 2.84 bits per heavy atom. The first kappa shape index (κ1) is 15.5. The second kappa shape index (κ2) is 5.88. The van der Waals surface area contributed by atoms with E-state index in [1.807, 2.05) is 15.9 Å². The second-order valence-corrected chi connectivity index (χ2v) is 8.38. The van der Waals surface area contributed by atoms with Crippen molar-refractivity contribution in [3.63, 3.8) is 0 Å². The molecular formula is C17H23N7S. The van der Waals surface area contributed by atoms with Crippen LogP contribution in [0.5, 0.6) is 0 Å². The van der Waals surface area contributed by atoms with Crippen LogP contribution in [0.25, 0.3) is 16.0 Å². The van der Waals surface area contributed by atoms with E-state index in [1.165, 1.54) is 28.7 Å². The number of thiophene rings is 1. The molecule has 0 saturated carbocycles. The lowest BCUT2D eigenvalue weighted by molar-refractivity contribution is 0.272. The molecule has 132 valence electrons. The van der Waals surface area contributed by atoms with E-state index in [2.05, 4.69) is 39.2 Å². The Bertz CT molecular complexity index is 922. The van der Waals surface area contributed by atoms with Crippen molar-refractivity contribution in [1.82, 2.24) is 29.9 Å². The predicted octanol–water partition coefficient (Wildman–Crippen LogP) is 2.35. The molecule has 0 atom stereocenters. The molecule has 5 heterocycles. The molecule has 3 aromatic rings. The van der Waals surface area contributed by atoms with E-state index in [0.29, 0.717) is 5.78 Å². The lowest BCUT2D eigenvalue weighted by atomic mass is 9.98. The number of aromatic nitrogens is 5. The maximum atomic E-state index is 4.88. The smallest absolute Gasteiger partial charge is 0.276 e. The van der Waals surface area contributed by atoms with Crippen molar-refractivity contribution in [2.45, 2.75) is 39.7 Å². The molecule has 0 amide bonds. The molecule has 2 aliphatic rings.